The molecule has 1 aromatic carbocycles. The third-order valence-corrected chi connectivity index (χ3v) is 2.82. The summed E-state index contributed by atoms with van der Waals surface area (Å²) in [5.74, 6) is 0.344. The Morgan fingerprint density at radius 3 is 2.83 bits per heavy atom. The minimum Gasteiger partial charge on any atom is -0.396 e. The molecule has 0 saturated heterocycles. The predicted octanol–water partition coefficient (Wildman–Crippen LogP) is 3.32. The number of nitrogens with zero attached hydrogens (tertiary/aromatic N) is 2. The van der Waals surface area contributed by atoms with Crippen LogP contribution in [0, 0.1) is 11.7 Å². The van der Waals surface area contributed by atoms with Gasteiger partial charge in [0.25, 0.3) is 0 Å². The number of nitrogens with two attached hydrogens (primary N) is 1. The molecule has 0 amide bonds. The van der Waals surface area contributed by atoms with Crippen molar-refractivity contribution in [2.45, 2.75) is 26.8 Å². The van der Waals surface area contributed by atoms with E-state index in [0.717, 1.165) is 18.5 Å². The van der Waals surface area contributed by atoms with Gasteiger partial charge in [0.1, 0.15) is 11.5 Å². The number of hydrogen-bond acceptors (Lipinski definition) is 2. The number of rotatable bonds is 4. The Morgan fingerprint density at radius 1 is 1.39 bits per heavy atom. The van der Waals surface area contributed by atoms with Crippen LogP contribution in [0.1, 0.15) is 20.3 Å². The summed E-state index contributed by atoms with van der Waals surface area (Å²) in [5, 5.41) is 4.42. The van der Waals surface area contributed by atoms with Crippen molar-refractivity contribution in [3.63, 3.8) is 0 Å². The van der Waals surface area contributed by atoms with Crippen LogP contribution < -0.4 is 5.73 Å². The van der Waals surface area contributed by atoms with Gasteiger partial charge in [0.2, 0.25) is 0 Å². The van der Waals surface area contributed by atoms with Gasteiger partial charge in [-0.3, -0.25) is 4.68 Å². The van der Waals surface area contributed by atoms with Gasteiger partial charge >= 0.3 is 0 Å². The summed E-state index contributed by atoms with van der Waals surface area (Å²) in [4.78, 5) is 0. The normalized spacial score (nSPS) is 11.1. The second-order valence-electron chi connectivity index (χ2n) is 4.89. The maximum Gasteiger partial charge on any atom is 0.123 e. The monoisotopic (exact) mass is 247 g/mol. The summed E-state index contributed by atoms with van der Waals surface area (Å²) in [6.45, 7) is 5.16. The molecule has 2 rings (SSSR count). The minimum absolute atomic E-state index is 0.274. The van der Waals surface area contributed by atoms with E-state index in [2.05, 4.69) is 18.9 Å². The zero-order chi connectivity index (χ0) is 13.1. The number of hydrogen-bond donors (Lipinski definition) is 1. The number of benzene rings is 1. The number of aromatic nitrogens is 2. The van der Waals surface area contributed by atoms with Gasteiger partial charge in [0.05, 0.1) is 5.69 Å². The molecule has 0 unspecified atom stereocenters. The number of aryl methyl sites for hydroxylation is 1. The molecule has 0 spiro atoms. The molecular weight excluding hydrogens is 229 g/mol. The van der Waals surface area contributed by atoms with Crippen LogP contribution in [0.4, 0.5) is 10.1 Å². The average molecular weight is 247 g/mol. The molecule has 3 nitrogen and oxygen atoms in total. The van der Waals surface area contributed by atoms with Crippen LogP contribution in [0.25, 0.3) is 11.3 Å². The Labute approximate surface area is 106 Å². The zero-order valence-electron chi connectivity index (χ0n) is 10.7. The van der Waals surface area contributed by atoms with Crippen LogP contribution in [0.2, 0.25) is 0 Å². The van der Waals surface area contributed by atoms with Crippen molar-refractivity contribution in [1.29, 1.82) is 0 Å². The quantitative estimate of drug-likeness (QED) is 0.900. The van der Waals surface area contributed by atoms with Gasteiger partial charge in [-0.05, 0) is 24.5 Å². The maximum atomic E-state index is 13.2. The van der Waals surface area contributed by atoms with E-state index in [9.17, 15) is 4.39 Å². The lowest BCUT2D eigenvalue weighted by atomic mass is 10.1. The van der Waals surface area contributed by atoms with Crippen LogP contribution >= 0.6 is 0 Å². The molecule has 0 fully saturated rings. The van der Waals surface area contributed by atoms with E-state index in [0.29, 0.717) is 17.3 Å². The molecule has 0 atom stereocenters. The molecule has 2 N–H and O–H groups in total. The lowest BCUT2D eigenvalue weighted by Gasteiger charge is -2.04. The van der Waals surface area contributed by atoms with Gasteiger partial charge < -0.3 is 5.73 Å². The molecule has 1 aromatic heterocycles. The van der Waals surface area contributed by atoms with Crippen LogP contribution in [-0.2, 0) is 6.54 Å². The molecule has 18 heavy (non-hydrogen) atoms. The van der Waals surface area contributed by atoms with E-state index in [-0.39, 0.29) is 5.82 Å². The first-order chi connectivity index (χ1) is 8.56. The van der Waals surface area contributed by atoms with Gasteiger partial charge in [0, 0.05) is 18.3 Å². The second-order valence-corrected chi connectivity index (χ2v) is 4.89. The van der Waals surface area contributed by atoms with E-state index in [1.807, 2.05) is 16.9 Å². The topological polar surface area (TPSA) is 43.8 Å². The fourth-order valence-electron chi connectivity index (χ4n) is 1.80. The summed E-state index contributed by atoms with van der Waals surface area (Å²) < 4.78 is 15.0. The SMILES string of the molecule is CC(C)CCn1cc(N)c(-c2cccc(F)c2)n1. The molecule has 1 heterocycles. The Bertz CT molecular complexity index is 532. The highest BCUT2D eigenvalue weighted by molar-refractivity contribution is 5.71. The highest BCUT2D eigenvalue weighted by atomic mass is 19.1. The van der Waals surface area contributed by atoms with Crippen molar-refractivity contribution >= 4 is 5.69 Å². The van der Waals surface area contributed by atoms with Gasteiger partial charge in [0.15, 0.2) is 0 Å². The van der Waals surface area contributed by atoms with Crippen molar-refractivity contribution in [3.05, 3.63) is 36.3 Å². The lowest BCUT2D eigenvalue weighted by molar-refractivity contribution is 0.488. The standard InChI is InChI=1S/C14H18FN3/c1-10(2)6-7-18-9-13(16)14(17-18)11-4-3-5-12(15)8-11/h3-5,8-10H,6-7,16H2,1-2H3. The Kier molecular flexibility index (Phi) is 3.65. The van der Waals surface area contributed by atoms with Crippen LogP contribution in [-0.4, -0.2) is 9.78 Å². The van der Waals surface area contributed by atoms with Crippen molar-refractivity contribution in [3.8, 4) is 11.3 Å². The van der Waals surface area contributed by atoms with Gasteiger partial charge in [-0.25, -0.2) is 4.39 Å². The maximum absolute atomic E-state index is 13.2. The lowest BCUT2D eigenvalue weighted by Crippen LogP contribution is -2.02. The Hall–Kier alpha value is -1.84. The van der Waals surface area contributed by atoms with E-state index < -0.39 is 0 Å². The van der Waals surface area contributed by atoms with E-state index >= 15 is 0 Å². The molecule has 0 radical (unpaired) electrons. The third-order valence-electron chi connectivity index (χ3n) is 2.82. The molecule has 0 aliphatic heterocycles. The first kappa shape index (κ1) is 12.6. The van der Waals surface area contributed by atoms with Crippen molar-refractivity contribution in [2.24, 2.45) is 5.92 Å². The third kappa shape index (κ3) is 2.88. The largest absolute Gasteiger partial charge is 0.396 e. The fraction of sp³-hybridized carbons (Fsp3) is 0.357. The van der Waals surface area contributed by atoms with E-state index in [4.69, 9.17) is 5.73 Å². The van der Waals surface area contributed by atoms with Crippen molar-refractivity contribution in [1.82, 2.24) is 9.78 Å². The summed E-state index contributed by atoms with van der Waals surface area (Å²) in [6, 6.07) is 6.34. The Morgan fingerprint density at radius 2 is 2.17 bits per heavy atom. The van der Waals surface area contributed by atoms with Crippen LogP contribution in [0.3, 0.4) is 0 Å². The molecule has 0 saturated carbocycles. The van der Waals surface area contributed by atoms with E-state index in [1.54, 1.807) is 6.07 Å². The van der Waals surface area contributed by atoms with Gasteiger partial charge in [-0.1, -0.05) is 26.0 Å². The number of anilines is 1. The van der Waals surface area contributed by atoms with Crippen molar-refractivity contribution < 1.29 is 4.39 Å². The first-order valence-corrected chi connectivity index (χ1v) is 6.15. The average Bonchev–Trinajstić information content (AvgIpc) is 2.68. The van der Waals surface area contributed by atoms with Crippen LogP contribution in [0.15, 0.2) is 30.5 Å². The summed E-state index contributed by atoms with van der Waals surface area (Å²) >= 11 is 0. The highest BCUT2D eigenvalue weighted by Crippen LogP contribution is 2.24. The second kappa shape index (κ2) is 5.21. The molecular formula is C14H18FN3. The molecule has 0 aliphatic carbocycles. The van der Waals surface area contributed by atoms with Gasteiger partial charge in [-0.15, -0.1) is 0 Å². The summed E-state index contributed by atoms with van der Waals surface area (Å²) in [5.41, 5.74) is 7.88. The van der Waals surface area contributed by atoms with E-state index in [1.165, 1.54) is 12.1 Å². The Balaban J connectivity index is 2.24. The highest BCUT2D eigenvalue weighted by Gasteiger charge is 2.09. The summed E-state index contributed by atoms with van der Waals surface area (Å²) in [6.07, 6.45) is 2.85. The number of halogens is 1. The van der Waals surface area contributed by atoms with Crippen LogP contribution in [0.5, 0.6) is 0 Å². The van der Waals surface area contributed by atoms with Gasteiger partial charge in [-0.2, -0.15) is 5.10 Å². The molecule has 96 valence electrons. The molecule has 0 bridgehead atoms. The fourth-order valence-corrected chi connectivity index (χ4v) is 1.80. The molecule has 4 heteroatoms. The minimum atomic E-state index is -0.274. The van der Waals surface area contributed by atoms with Crippen molar-refractivity contribution in [2.75, 3.05) is 5.73 Å². The molecule has 2 aromatic rings. The summed E-state index contributed by atoms with van der Waals surface area (Å²) in [7, 11) is 0. The molecule has 0 aliphatic rings. The predicted molar refractivity (Wildman–Crippen MR) is 71.5 cm³/mol. The number of nitrogen functional groups attached to an aromatic ring is 1. The first-order valence-electron chi connectivity index (χ1n) is 6.15. The zero-order valence-corrected chi connectivity index (χ0v) is 10.7. The smallest absolute Gasteiger partial charge is 0.123 e.